The lowest BCUT2D eigenvalue weighted by Crippen LogP contribution is -2.03. The highest BCUT2D eigenvalue weighted by molar-refractivity contribution is 5.73. The van der Waals surface area contributed by atoms with Crippen LogP contribution in [0.1, 0.15) is 0 Å². The number of benzene rings is 2. The molecule has 0 unspecified atom stereocenters. The van der Waals surface area contributed by atoms with Crippen LogP contribution in [0, 0.1) is 29.1 Å². The molecule has 0 saturated heterocycles. The Balaban J connectivity index is 2.47. The minimum atomic E-state index is -1.43. The zero-order valence-corrected chi connectivity index (χ0v) is 9.28. The van der Waals surface area contributed by atoms with E-state index in [-0.39, 0.29) is 5.69 Å². The van der Waals surface area contributed by atoms with Crippen LogP contribution >= 0.6 is 0 Å². The van der Waals surface area contributed by atoms with E-state index >= 15 is 0 Å². The number of hydrogen-bond donors (Lipinski definition) is 2. The monoisotopic (exact) mass is 274 g/mol. The van der Waals surface area contributed by atoms with Crippen LogP contribution in [0.3, 0.4) is 0 Å². The first kappa shape index (κ1) is 13.1. The first-order valence-corrected chi connectivity index (χ1v) is 5.04. The van der Waals surface area contributed by atoms with Gasteiger partial charge in [0.2, 0.25) is 0 Å². The Morgan fingerprint density at radius 1 is 0.737 bits per heavy atom. The van der Waals surface area contributed by atoms with Gasteiger partial charge in [-0.2, -0.15) is 0 Å². The predicted molar refractivity (Wildman–Crippen MR) is 60.4 cm³/mol. The highest BCUT2D eigenvalue weighted by Gasteiger charge is 2.14. The maximum atomic E-state index is 13.4. The summed E-state index contributed by atoms with van der Waals surface area (Å²) in [5.41, 5.74) is 3.87. The molecule has 0 atom stereocenters. The van der Waals surface area contributed by atoms with Gasteiger partial charge in [-0.3, -0.25) is 0 Å². The Bertz CT molecular complexity index is 587. The maximum Gasteiger partial charge on any atom is 0.182 e. The summed E-state index contributed by atoms with van der Waals surface area (Å²) in [6.07, 6.45) is 0. The molecular weight excluding hydrogens is 267 g/mol. The van der Waals surface area contributed by atoms with Crippen LogP contribution in [0.15, 0.2) is 24.3 Å². The standard InChI is InChI=1S/C12H7F5N2/c13-5-1-7(15)11(17)9(3-5)19-10-4-6(14)2-8(16)12(10)18/h1-4,19H,18H2. The van der Waals surface area contributed by atoms with Gasteiger partial charge in [-0.1, -0.05) is 0 Å². The summed E-state index contributed by atoms with van der Waals surface area (Å²) in [4.78, 5) is 0. The molecule has 19 heavy (non-hydrogen) atoms. The Labute approximate surface area is 104 Å². The van der Waals surface area contributed by atoms with E-state index in [2.05, 4.69) is 5.32 Å². The molecule has 0 spiro atoms. The predicted octanol–water partition coefficient (Wildman–Crippen LogP) is 3.71. The molecule has 0 aliphatic heterocycles. The first-order chi connectivity index (χ1) is 8.88. The molecule has 7 heteroatoms. The fourth-order valence-electron chi connectivity index (χ4n) is 1.48. The maximum absolute atomic E-state index is 13.4. The molecule has 2 nitrogen and oxygen atoms in total. The second-order valence-electron chi connectivity index (χ2n) is 3.72. The second-order valence-corrected chi connectivity index (χ2v) is 3.72. The lowest BCUT2D eigenvalue weighted by atomic mass is 10.2. The van der Waals surface area contributed by atoms with E-state index in [9.17, 15) is 22.0 Å². The lowest BCUT2D eigenvalue weighted by molar-refractivity contribution is 0.498. The van der Waals surface area contributed by atoms with E-state index in [0.717, 1.165) is 6.07 Å². The summed E-state index contributed by atoms with van der Waals surface area (Å²) in [5, 5.41) is 2.14. The van der Waals surface area contributed by atoms with Gasteiger partial charge in [0.15, 0.2) is 17.5 Å². The highest BCUT2D eigenvalue weighted by Crippen LogP contribution is 2.29. The van der Waals surface area contributed by atoms with Crippen molar-refractivity contribution in [3.8, 4) is 0 Å². The molecule has 2 aromatic rings. The third-order valence-corrected chi connectivity index (χ3v) is 2.36. The molecule has 0 radical (unpaired) electrons. The van der Waals surface area contributed by atoms with Gasteiger partial charge in [0.1, 0.15) is 11.6 Å². The zero-order valence-electron chi connectivity index (χ0n) is 9.28. The van der Waals surface area contributed by atoms with Gasteiger partial charge in [-0.15, -0.1) is 0 Å². The van der Waals surface area contributed by atoms with Crippen LogP contribution in [0.2, 0.25) is 0 Å². The van der Waals surface area contributed by atoms with Crippen LogP contribution < -0.4 is 11.1 Å². The van der Waals surface area contributed by atoms with Crippen molar-refractivity contribution in [2.75, 3.05) is 11.1 Å². The van der Waals surface area contributed by atoms with E-state index in [1.54, 1.807) is 0 Å². The van der Waals surface area contributed by atoms with Crippen molar-refractivity contribution in [2.45, 2.75) is 0 Å². The van der Waals surface area contributed by atoms with Crippen molar-refractivity contribution in [1.29, 1.82) is 0 Å². The number of hydrogen-bond acceptors (Lipinski definition) is 2. The van der Waals surface area contributed by atoms with Crippen LogP contribution in [-0.2, 0) is 0 Å². The fraction of sp³-hybridized carbons (Fsp3) is 0. The lowest BCUT2D eigenvalue weighted by Gasteiger charge is -2.11. The molecule has 2 aromatic carbocycles. The number of nitrogen functional groups attached to an aromatic ring is 1. The Kier molecular flexibility index (Phi) is 3.28. The topological polar surface area (TPSA) is 38.0 Å². The molecule has 0 aliphatic rings. The van der Waals surface area contributed by atoms with E-state index in [1.165, 1.54) is 0 Å². The summed E-state index contributed by atoms with van der Waals surface area (Å²) in [6.45, 7) is 0. The van der Waals surface area contributed by atoms with Crippen LogP contribution in [0.25, 0.3) is 0 Å². The van der Waals surface area contributed by atoms with E-state index < -0.39 is 40.5 Å². The number of halogens is 5. The molecule has 0 amide bonds. The largest absolute Gasteiger partial charge is 0.395 e. The van der Waals surface area contributed by atoms with Gasteiger partial charge in [0.25, 0.3) is 0 Å². The summed E-state index contributed by atoms with van der Waals surface area (Å²) in [7, 11) is 0. The van der Waals surface area contributed by atoms with Crippen molar-refractivity contribution in [1.82, 2.24) is 0 Å². The summed E-state index contributed by atoms with van der Waals surface area (Å²) in [5.74, 6) is -5.90. The number of anilines is 3. The molecule has 0 saturated carbocycles. The summed E-state index contributed by atoms with van der Waals surface area (Å²) < 4.78 is 65.4. The molecule has 0 fully saturated rings. The van der Waals surface area contributed by atoms with E-state index in [0.29, 0.717) is 18.2 Å². The number of nitrogens with one attached hydrogen (secondary N) is 1. The minimum absolute atomic E-state index is 0.332. The normalized spacial score (nSPS) is 10.6. The number of rotatable bonds is 2. The van der Waals surface area contributed by atoms with Gasteiger partial charge >= 0.3 is 0 Å². The zero-order chi connectivity index (χ0) is 14.2. The molecule has 100 valence electrons. The van der Waals surface area contributed by atoms with Crippen molar-refractivity contribution < 1.29 is 22.0 Å². The van der Waals surface area contributed by atoms with Gasteiger partial charge in [-0.05, 0) is 6.07 Å². The molecule has 0 aromatic heterocycles. The van der Waals surface area contributed by atoms with E-state index in [4.69, 9.17) is 5.73 Å². The summed E-state index contributed by atoms with van der Waals surface area (Å²) >= 11 is 0. The number of nitrogens with two attached hydrogens (primary N) is 1. The van der Waals surface area contributed by atoms with Crippen molar-refractivity contribution >= 4 is 17.1 Å². The van der Waals surface area contributed by atoms with Crippen LogP contribution in [0.5, 0.6) is 0 Å². The SMILES string of the molecule is Nc1c(F)cc(F)cc1Nc1cc(F)cc(F)c1F. The minimum Gasteiger partial charge on any atom is -0.395 e. The molecule has 2 rings (SSSR count). The Morgan fingerprint density at radius 2 is 1.26 bits per heavy atom. The first-order valence-electron chi connectivity index (χ1n) is 5.04. The smallest absolute Gasteiger partial charge is 0.182 e. The van der Waals surface area contributed by atoms with E-state index in [1.807, 2.05) is 0 Å². The molecule has 0 heterocycles. The molecule has 3 N–H and O–H groups in total. The van der Waals surface area contributed by atoms with Gasteiger partial charge in [0, 0.05) is 18.2 Å². The molecule has 0 aliphatic carbocycles. The van der Waals surface area contributed by atoms with Gasteiger partial charge in [0.05, 0.1) is 17.1 Å². The van der Waals surface area contributed by atoms with Gasteiger partial charge < -0.3 is 11.1 Å². The van der Waals surface area contributed by atoms with Crippen molar-refractivity contribution in [3.63, 3.8) is 0 Å². The van der Waals surface area contributed by atoms with Crippen molar-refractivity contribution in [3.05, 3.63) is 53.4 Å². The molecule has 0 bridgehead atoms. The van der Waals surface area contributed by atoms with Crippen molar-refractivity contribution in [2.24, 2.45) is 0 Å². The van der Waals surface area contributed by atoms with Gasteiger partial charge in [-0.25, -0.2) is 22.0 Å². The Morgan fingerprint density at radius 3 is 1.89 bits per heavy atom. The van der Waals surface area contributed by atoms with Crippen LogP contribution in [-0.4, -0.2) is 0 Å². The second kappa shape index (κ2) is 4.75. The van der Waals surface area contributed by atoms with Crippen LogP contribution in [0.4, 0.5) is 39.0 Å². The highest BCUT2D eigenvalue weighted by atomic mass is 19.2. The fourth-order valence-corrected chi connectivity index (χ4v) is 1.48. The Hall–Kier alpha value is -2.31. The average Bonchev–Trinajstić information content (AvgIpc) is 2.31. The summed E-state index contributed by atoms with van der Waals surface area (Å²) in [6, 6.07) is 2.29. The third kappa shape index (κ3) is 2.59. The average molecular weight is 274 g/mol. The third-order valence-electron chi connectivity index (χ3n) is 2.36. The quantitative estimate of drug-likeness (QED) is 0.497. The molecular formula is C12H7F5N2.